The highest BCUT2D eigenvalue weighted by atomic mass is 19.4. The number of carbonyl (C=O) groups is 1. The number of allylic oxidation sites excluding steroid dienone is 3. The van der Waals surface area contributed by atoms with Gasteiger partial charge in [0.05, 0.1) is 35.2 Å². The van der Waals surface area contributed by atoms with Gasteiger partial charge in [0, 0.05) is 43.4 Å². The van der Waals surface area contributed by atoms with Crippen molar-refractivity contribution < 1.29 is 27.4 Å². The van der Waals surface area contributed by atoms with Crippen molar-refractivity contribution in [3.8, 4) is 0 Å². The fraction of sp³-hybridized carbons (Fsp3) is 0.435. The molecular weight excluding hydrogens is 437 g/mol. The number of nitrogens with one attached hydrogen (secondary N) is 3. The fourth-order valence-corrected chi connectivity index (χ4v) is 3.59. The van der Waals surface area contributed by atoms with Crippen LogP contribution in [0.2, 0.25) is 0 Å². The van der Waals surface area contributed by atoms with E-state index in [0.29, 0.717) is 17.7 Å². The number of amides is 1. The third-order valence-electron chi connectivity index (χ3n) is 6.07. The monoisotopic (exact) mass is 464 g/mol. The maximum absolute atomic E-state index is 12.9. The summed E-state index contributed by atoms with van der Waals surface area (Å²) in [5.41, 5.74) is -0.553. The van der Waals surface area contributed by atoms with Gasteiger partial charge in [-0.15, -0.1) is 0 Å². The number of aromatic nitrogens is 1. The van der Waals surface area contributed by atoms with E-state index in [9.17, 15) is 18.0 Å². The van der Waals surface area contributed by atoms with Crippen molar-refractivity contribution in [1.82, 2.24) is 15.6 Å². The van der Waals surface area contributed by atoms with Crippen LogP contribution in [0, 0.1) is 11.3 Å². The molecule has 1 aromatic rings. The molecule has 10 heteroatoms. The van der Waals surface area contributed by atoms with Gasteiger partial charge in [-0.1, -0.05) is 0 Å². The van der Waals surface area contributed by atoms with Gasteiger partial charge in [-0.3, -0.25) is 9.78 Å². The summed E-state index contributed by atoms with van der Waals surface area (Å²) in [6, 6.07) is 0.969. The number of pyridine rings is 1. The molecule has 1 aromatic heterocycles. The number of carbonyl (C=O) groups excluding carboxylic acids is 1. The lowest BCUT2D eigenvalue weighted by Crippen LogP contribution is -2.49. The van der Waals surface area contributed by atoms with Crippen LogP contribution in [-0.4, -0.2) is 42.5 Å². The number of halogens is 3. The number of nitrogens with zero attached hydrogens (tertiary/aromatic N) is 1. The molecule has 0 unspecified atom stereocenters. The molecule has 0 atom stereocenters. The third kappa shape index (κ3) is 5.62. The second-order valence-corrected chi connectivity index (χ2v) is 8.54. The summed E-state index contributed by atoms with van der Waals surface area (Å²) < 4.78 is 49.6. The first-order valence-electron chi connectivity index (χ1n) is 10.4. The van der Waals surface area contributed by atoms with E-state index >= 15 is 0 Å². The molecule has 0 saturated heterocycles. The van der Waals surface area contributed by atoms with Crippen molar-refractivity contribution in [3.63, 3.8) is 0 Å². The van der Waals surface area contributed by atoms with Gasteiger partial charge in [0.15, 0.2) is 0 Å². The minimum Gasteiger partial charge on any atom is -0.494 e. The summed E-state index contributed by atoms with van der Waals surface area (Å²) in [6.07, 6.45) is 3.63. The first-order chi connectivity index (χ1) is 15.4. The van der Waals surface area contributed by atoms with Crippen molar-refractivity contribution in [2.24, 2.45) is 5.92 Å². The van der Waals surface area contributed by atoms with Crippen LogP contribution in [-0.2, 0) is 15.7 Å². The van der Waals surface area contributed by atoms with E-state index in [-0.39, 0.29) is 34.4 Å². The smallest absolute Gasteiger partial charge is 0.417 e. The molecule has 1 heterocycles. The van der Waals surface area contributed by atoms with Gasteiger partial charge in [0.1, 0.15) is 5.76 Å². The molecule has 3 N–H and O–H groups in total. The van der Waals surface area contributed by atoms with Gasteiger partial charge in [0.2, 0.25) is 0 Å². The summed E-state index contributed by atoms with van der Waals surface area (Å²) in [6.45, 7) is 4.11. The van der Waals surface area contributed by atoms with E-state index < -0.39 is 17.6 Å². The van der Waals surface area contributed by atoms with Crippen molar-refractivity contribution in [2.45, 2.75) is 44.5 Å². The Morgan fingerprint density at radius 1 is 1.21 bits per heavy atom. The predicted octanol–water partition coefficient (Wildman–Crippen LogP) is 3.95. The molecule has 1 saturated carbocycles. The zero-order valence-corrected chi connectivity index (χ0v) is 18.8. The van der Waals surface area contributed by atoms with E-state index in [1.54, 1.807) is 19.4 Å². The number of hydrogen-bond acceptors (Lipinski definition) is 6. The van der Waals surface area contributed by atoms with E-state index in [2.05, 4.69) is 29.5 Å². The molecule has 33 heavy (non-hydrogen) atoms. The Balaban J connectivity index is 1.72. The molecule has 1 fully saturated rings. The SMILES string of the molecule is COC1=CC(=N)/C(=C\NC2CC(C(C)(C)OC)C2)C=C1NC(=O)c1cncc(C(F)(F)F)c1. The predicted molar refractivity (Wildman–Crippen MR) is 116 cm³/mol. The van der Waals surface area contributed by atoms with Crippen LogP contribution in [0.4, 0.5) is 13.2 Å². The van der Waals surface area contributed by atoms with Gasteiger partial charge in [0.25, 0.3) is 5.91 Å². The normalized spacial score (nSPS) is 22.3. The van der Waals surface area contributed by atoms with E-state index in [1.807, 2.05) is 0 Å². The summed E-state index contributed by atoms with van der Waals surface area (Å²) in [4.78, 5) is 16.1. The summed E-state index contributed by atoms with van der Waals surface area (Å²) >= 11 is 0. The molecule has 0 aromatic carbocycles. The number of alkyl halides is 3. The number of rotatable bonds is 7. The molecule has 0 radical (unpaired) electrons. The van der Waals surface area contributed by atoms with Crippen molar-refractivity contribution in [3.05, 3.63) is 65.0 Å². The van der Waals surface area contributed by atoms with Gasteiger partial charge in [-0.25, -0.2) is 0 Å². The minimum absolute atomic E-state index is 0.172. The van der Waals surface area contributed by atoms with Crippen molar-refractivity contribution >= 4 is 11.6 Å². The third-order valence-corrected chi connectivity index (χ3v) is 6.07. The molecule has 0 aliphatic heterocycles. The minimum atomic E-state index is -4.61. The summed E-state index contributed by atoms with van der Waals surface area (Å²) in [5, 5.41) is 14.1. The largest absolute Gasteiger partial charge is 0.494 e. The second-order valence-electron chi connectivity index (χ2n) is 8.54. The van der Waals surface area contributed by atoms with Crippen molar-refractivity contribution in [1.29, 1.82) is 5.41 Å². The lowest BCUT2D eigenvalue weighted by Gasteiger charge is -2.44. The van der Waals surface area contributed by atoms with Crippen LogP contribution in [0.3, 0.4) is 0 Å². The zero-order chi connectivity index (χ0) is 24.4. The molecule has 7 nitrogen and oxygen atoms in total. The van der Waals surface area contributed by atoms with Gasteiger partial charge < -0.3 is 25.5 Å². The van der Waals surface area contributed by atoms with Gasteiger partial charge >= 0.3 is 6.18 Å². The first kappa shape index (κ1) is 24.5. The molecule has 0 spiro atoms. The Bertz CT molecular complexity index is 1020. The topological polar surface area (TPSA) is 96.3 Å². The van der Waals surface area contributed by atoms with Crippen molar-refractivity contribution in [2.75, 3.05) is 14.2 Å². The molecular formula is C23H27F3N4O3. The Hall–Kier alpha value is -3.14. The van der Waals surface area contributed by atoms with Gasteiger partial charge in [-0.05, 0) is 44.7 Å². The van der Waals surface area contributed by atoms with Crippen LogP contribution in [0.1, 0.15) is 42.6 Å². The molecule has 0 bridgehead atoms. The first-order valence-corrected chi connectivity index (χ1v) is 10.4. The van der Waals surface area contributed by atoms with Crippen LogP contribution in [0.15, 0.2) is 53.8 Å². The Kier molecular flexibility index (Phi) is 6.97. The highest BCUT2D eigenvalue weighted by Crippen LogP contribution is 2.38. The van der Waals surface area contributed by atoms with E-state index in [1.165, 1.54) is 13.2 Å². The van der Waals surface area contributed by atoms with E-state index in [0.717, 1.165) is 25.1 Å². The standard InChI is InChI=1S/C23H27F3N4O3/c1-22(2,33-4)15-7-17(8-15)29-11-13-6-19(20(32-3)9-18(13)27)30-21(31)14-5-16(12-28-10-14)23(24,25)26/h5-6,9-12,15,17,27,29H,7-8H2,1-4H3,(H,30,31)/b13-11-,27-18?. The number of hydrogen-bond donors (Lipinski definition) is 3. The second kappa shape index (κ2) is 9.38. The molecule has 3 rings (SSSR count). The van der Waals surface area contributed by atoms with Gasteiger partial charge in [-0.2, -0.15) is 13.2 Å². The Morgan fingerprint density at radius 2 is 1.91 bits per heavy atom. The van der Waals surface area contributed by atoms with E-state index in [4.69, 9.17) is 14.9 Å². The van der Waals surface area contributed by atoms with Crippen LogP contribution in [0.5, 0.6) is 0 Å². The summed E-state index contributed by atoms with van der Waals surface area (Å²) in [5.74, 6) is -0.126. The van der Waals surface area contributed by atoms with Crippen LogP contribution < -0.4 is 10.6 Å². The lowest BCUT2D eigenvalue weighted by atomic mass is 9.71. The maximum Gasteiger partial charge on any atom is 0.417 e. The quantitative estimate of drug-likeness (QED) is 0.568. The Morgan fingerprint density at radius 3 is 2.52 bits per heavy atom. The van der Waals surface area contributed by atoms with Crippen LogP contribution in [0.25, 0.3) is 0 Å². The molecule has 2 aliphatic rings. The average molecular weight is 464 g/mol. The number of ether oxygens (including phenoxy) is 2. The summed E-state index contributed by atoms with van der Waals surface area (Å²) in [7, 11) is 3.08. The lowest BCUT2D eigenvalue weighted by molar-refractivity contribution is -0.137. The van der Waals surface area contributed by atoms with Crippen LogP contribution >= 0.6 is 0 Å². The fourth-order valence-electron chi connectivity index (χ4n) is 3.59. The Labute approximate surface area is 190 Å². The molecule has 2 aliphatic carbocycles. The maximum atomic E-state index is 12.9. The highest BCUT2D eigenvalue weighted by molar-refractivity contribution is 6.10. The highest BCUT2D eigenvalue weighted by Gasteiger charge is 2.39. The molecule has 1 amide bonds. The average Bonchev–Trinajstić information content (AvgIpc) is 2.73. The zero-order valence-electron chi connectivity index (χ0n) is 18.8. The molecule has 178 valence electrons. The number of methoxy groups -OCH3 is 2.